The summed E-state index contributed by atoms with van der Waals surface area (Å²) >= 11 is 5.99. The number of rotatable bonds is 8. The molecular formula is C19H22ClNO4. The van der Waals surface area contributed by atoms with E-state index in [1.807, 2.05) is 0 Å². The summed E-state index contributed by atoms with van der Waals surface area (Å²) in [5, 5.41) is 3.30. The molecule has 0 atom stereocenters. The van der Waals surface area contributed by atoms with E-state index in [1.165, 1.54) is 7.11 Å². The van der Waals surface area contributed by atoms with Crippen LogP contribution in [0.5, 0.6) is 17.2 Å². The summed E-state index contributed by atoms with van der Waals surface area (Å²) in [7, 11) is 3.08. The minimum Gasteiger partial charge on any atom is -0.495 e. The number of benzene rings is 2. The van der Waals surface area contributed by atoms with Crippen molar-refractivity contribution in [2.24, 2.45) is 0 Å². The van der Waals surface area contributed by atoms with Crippen molar-refractivity contribution < 1.29 is 19.0 Å². The SMILES string of the molecule is CCCCOc1ccc(C(=O)Nc2cc(Cl)ccc2OC)cc1OC. The van der Waals surface area contributed by atoms with Crippen molar-refractivity contribution in [3.63, 3.8) is 0 Å². The molecule has 0 fully saturated rings. The number of carbonyl (C=O) groups is 1. The predicted molar refractivity (Wildman–Crippen MR) is 99.4 cm³/mol. The van der Waals surface area contributed by atoms with Crippen LogP contribution < -0.4 is 19.5 Å². The smallest absolute Gasteiger partial charge is 0.255 e. The molecule has 0 saturated carbocycles. The number of hydrogen-bond donors (Lipinski definition) is 1. The molecule has 2 aromatic carbocycles. The average Bonchev–Trinajstić information content (AvgIpc) is 2.62. The Morgan fingerprint density at radius 1 is 1.04 bits per heavy atom. The Labute approximate surface area is 152 Å². The second kappa shape index (κ2) is 9.18. The fourth-order valence-corrected chi connectivity index (χ4v) is 2.40. The van der Waals surface area contributed by atoms with Gasteiger partial charge in [-0.05, 0) is 42.8 Å². The molecule has 1 amide bonds. The molecule has 0 aromatic heterocycles. The Hall–Kier alpha value is -2.40. The van der Waals surface area contributed by atoms with E-state index < -0.39 is 0 Å². The number of hydrogen-bond acceptors (Lipinski definition) is 4. The van der Waals surface area contributed by atoms with E-state index in [4.69, 9.17) is 25.8 Å². The molecule has 5 nitrogen and oxygen atoms in total. The zero-order valence-electron chi connectivity index (χ0n) is 14.6. The molecule has 0 aliphatic rings. The molecule has 2 rings (SSSR count). The molecule has 134 valence electrons. The van der Waals surface area contributed by atoms with Crippen LogP contribution in [0.2, 0.25) is 5.02 Å². The zero-order valence-corrected chi connectivity index (χ0v) is 15.4. The van der Waals surface area contributed by atoms with E-state index in [0.717, 1.165) is 12.8 Å². The molecule has 0 aliphatic carbocycles. The molecular weight excluding hydrogens is 342 g/mol. The van der Waals surface area contributed by atoms with Crippen LogP contribution >= 0.6 is 11.6 Å². The molecule has 0 saturated heterocycles. The average molecular weight is 364 g/mol. The first-order valence-corrected chi connectivity index (χ1v) is 8.42. The highest BCUT2D eigenvalue weighted by molar-refractivity contribution is 6.31. The summed E-state index contributed by atoms with van der Waals surface area (Å²) < 4.78 is 16.2. The number of carbonyl (C=O) groups excluding carboxylic acids is 1. The molecule has 2 aromatic rings. The van der Waals surface area contributed by atoms with Crippen LogP contribution in [0, 0.1) is 0 Å². The molecule has 0 bridgehead atoms. The van der Waals surface area contributed by atoms with E-state index in [0.29, 0.717) is 40.1 Å². The maximum atomic E-state index is 12.5. The molecule has 0 aliphatic heterocycles. The van der Waals surface area contributed by atoms with Crippen molar-refractivity contribution in [3.8, 4) is 17.2 Å². The summed E-state index contributed by atoms with van der Waals surface area (Å²) in [5.74, 6) is 1.37. The van der Waals surface area contributed by atoms with E-state index in [9.17, 15) is 4.79 Å². The van der Waals surface area contributed by atoms with E-state index >= 15 is 0 Å². The van der Waals surface area contributed by atoms with Gasteiger partial charge in [0.15, 0.2) is 11.5 Å². The minimum atomic E-state index is -0.293. The third-order valence-electron chi connectivity index (χ3n) is 3.59. The largest absolute Gasteiger partial charge is 0.495 e. The lowest BCUT2D eigenvalue weighted by molar-refractivity contribution is 0.102. The van der Waals surface area contributed by atoms with E-state index in [2.05, 4.69) is 12.2 Å². The van der Waals surface area contributed by atoms with Crippen LogP contribution in [-0.4, -0.2) is 26.7 Å². The van der Waals surface area contributed by atoms with Gasteiger partial charge in [-0.3, -0.25) is 4.79 Å². The first-order chi connectivity index (χ1) is 12.1. The number of anilines is 1. The molecule has 0 heterocycles. The molecule has 0 spiro atoms. The standard InChI is InChI=1S/C19H22ClNO4/c1-4-5-10-25-17-8-6-13(11-18(17)24-3)19(22)21-15-12-14(20)7-9-16(15)23-2/h6-9,11-12H,4-5,10H2,1-3H3,(H,21,22). The number of methoxy groups -OCH3 is 2. The zero-order chi connectivity index (χ0) is 18.2. The van der Waals surface area contributed by atoms with Gasteiger partial charge in [-0.15, -0.1) is 0 Å². The monoisotopic (exact) mass is 363 g/mol. The van der Waals surface area contributed by atoms with Gasteiger partial charge in [-0.1, -0.05) is 24.9 Å². The lowest BCUT2D eigenvalue weighted by Crippen LogP contribution is -2.13. The lowest BCUT2D eigenvalue weighted by Gasteiger charge is -2.13. The van der Waals surface area contributed by atoms with Gasteiger partial charge < -0.3 is 19.5 Å². The first-order valence-electron chi connectivity index (χ1n) is 8.04. The topological polar surface area (TPSA) is 56.8 Å². The minimum absolute atomic E-state index is 0.293. The summed E-state index contributed by atoms with van der Waals surface area (Å²) in [6.45, 7) is 2.70. The maximum Gasteiger partial charge on any atom is 0.255 e. The fraction of sp³-hybridized carbons (Fsp3) is 0.316. The van der Waals surface area contributed by atoms with Gasteiger partial charge in [0.1, 0.15) is 5.75 Å². The third-order valence-corrected chi connectivity index (χ3v) is 3.83. The number of amides is 1. The van der Waals surface area contributed by atoms with Crippen LogP contribution in [0.4, 0.5) is 5.69 Å². The third kappa shape index (κ3) is 5.03. The highest BCUT2D eigenvalue weighted by atomic mass is 35.5. The van der Waals surface area contributed by atoms with Gasteiger partial charge in [0.2, 0.25) is 0 Å². The van der Waals surface area contributed by atoms with Gasteiger partial charge in [0, 0.05) is 10.6 Å². The summed E-state index contributed by atoms with van der Waals surface area (Å²) in [6, 6.07) is 10.1. The van der Waals surface area contributed by atoms with Gasteiger partial charge in [0.25, 0.3) is 5.91 Å². The Bertz CT molecular complexity index is 733. The molecule has 0 radical (unpaired) electrons. The van der Waals surface area contributed by atoms with Crippen molar-refractivity contribution >= 4 is 23.2 Å². The van der Waals surface area contributed by atoms with Crippen molar-refractivity contribution in [1.29, 1.82) is 0 Å². The first kappa shape index (κ1) is 18.9. The lowest BCUT2D eigenvalue weighted by atomic mass is 10.1. The van der Waals surface area contributed by atoms with Crippen molar-refractivity contribution in [3.05, 3.63) is 47.0 Å². The van der Waals surface area contributed by atoms with Crippen molar-refractivity contribution in [1.82, 2.24) is 0 Å². The van der Waals surface area contributed by atoms with Crippen LogP contribution in [0.1, 0.15) is 30.1 Å². The number of unbranched alkanes of at least 4 members (excludes halogenated alkanes) is 1. The summed E-state index contributed by atoms with van der Waals surface area (Å²) in [6.07, 6.45) is 2.00. The molecule has 6 heteroatoms. The van der Waals surface area contributed by atoms with Crippen LogP contribution in [-0.2, 0) is 0 Å². The summed E-state index contributed by atoms with van der Waals surface area (Å²) in [4.78, 5) is 12.5. The highest BCUT2D eigenvalue weighted by Gasteiger charge is 2.14. The fourth-order valence-electron chi connectivity index (χ4n) is 2.23. The van der Waals surface area contributed by atoms with Crippen LogP contribution in [0.15, 0.2) is 36.4 Å². The quantitative estimate of drug-likeness (QED) is 0.685. The Morgan fingerprint density at radius 2 is 1.76 bits per heavy atom. The van der Waals surface area contributed by atoms with E-state index in [-0.39, 0.29) is 5.91 Å². The van der Waals surface area contributed by atoms with Crippen LogP contribution in [0.25, 0.3) is 0 Å². The predicted octanol–water partition coefficient (Wildman–Crippen LogP) is 4.79. The normalized spacial score (nSPS) is 10.2. The van der Waals surface area contributed by atoms with Crippen molar-refractivity contribution in [2.75, 3.05) is 26.1 Å². The van der Waals surface area contributed by atoms with Crippen LogP contribution in [0.3, 0.4) is 0 Å². The van der Waals surface area contributed by atoms with Gasteiger partial charge in [-0.2, -0.15) is 0 Å². The maximum absolute atomic E-state index is 12.5. The Balaban J connectivity index is 2.18. The Kier molecular flexibility index (Phi) is 6.95. The molecule has 0 unspecified atom stereocenters. The molecule has 25 heavy (non-hydrogen) atoms. The molecule has 1 N–H and O–H groups in total. The number of halogens is 1. The second-order valence-electron chi connectivity index (χ2n) is 5.37. The highest BCUT2D eigenvalue weighted by Crippen LogP contribution is 2.31. The summed E-state index contributed by atoms with van der Waals surface area (Å²) in [5.41, 5.74) is 0.948. The van der Waals surface area contributed by atoms with E-state index in [1.54, 1.807) is 43.5 Å². The van der Waals surface area contributed by atoms with Gasteiger partial charge in [-0.25, -0.2) is 0 Å². The van der Waals surface area contributed by atoms with Gasteiger partial charge in [0.05, 0.1) is 26.5 Å². The van der Waals surface area contributed by atoms with Crippen molar-refractivity contribution in [2.45, 2.75) is 19.8 Å². The number of ether oxygens (including phenoxy) is 3. The van der Waals surface area contributed by atoms with Gasteiger partial charge >= 0.3 is 0 Å². The Morgan fingerprint density at radius 3 is 2.44 bits per heavy atom. The number of nitrogens with one attached hydrogen (secondary N) is 1. The second-order valence-corrected chi connectivity index (χ2v) is 5.80.